The number of allylic oxidation sites excluding steroid dienone is 8. The summed E-state index contributed by atoms with van der Waals surface area (Å²) in [5.74, 6) is -0.997. The van der Waals surface area contributed by atoms with Gasteiger partial charge in [-0.25, -0.2) is 0 Å². The zero-order chi connectivity index (χ0) is 20.3. The first-order valence-corrected chi connectivity index (χ1v) is 9.56. The SMILES string of the molecule is CCCCCC(O)C=CC=CCC=CC=CC=CC(O)C(O)CCC(=O)O. The van der Waals surface area contributed by atoms with Gasteiger partial charge in [-0.2, -0.15) is 0 Å². The molecule has 0 aromatic rings. The highest BCUT2D eigenvalue weighted by atomic mass is 16.4. The van der Waals surface area contributed by atoms with Crippen LogP contribution in [-0.2, 0) is 4.79 Å². The van der Waals surface area contributed by atoms with Crippen LogP contribution in [0.15, 0.2) is 60.8 Å². The summed E-state index contributed by atoms with van der Waals surface area (Å²) in [6, 6.07) is 0. The van der Waals surface area contributed by atoms with Gasteiger partial charge in [-0.05, 0) is 19.3 Å². The third-order valence-electron chi connectivity index (χ3n) is 3.78. The van der Waals surface area contributed by atoms with Crippen LogP contribution in [0.25, 0.3) is 0 Å². The molecule has 0 aliphatic carbocycles. The first-order valence-electron chi connectivity index (χ1n) is 9.56. The van der Waals surface area contributed by atoms with E-state index in [2.05, 4.69) is 6.92 Å². The Morgan fingerprint density at radius 1 is 0.852 bits per heavy atom. The predicted octanol–water partition coefficient (Wildman–Crippen LogP) is 3.69. The Balaban J connectivity index is 3.93. The van der Waals surface area contributed by atoms with Gasteiger partial charge in [0.15, 0.2) is 0 Å². The summed E-state index contributed by atoms with van der Waals surface area (Å²) in [5, 5.41) is 37.4. The number of carbonyl (C=O) groups is 1. The molecule has 4 N–H and O–H groups in total. The molecule has 0 amide bonds. The van der Waals surface area contributed by atoms with Crippen molar-refractivity contribution in [2.24, 2.45) is 0 Å². The molecular weight excluding hydrogens is 344 g/mol. The van der Waals surface area contributed by atoms with Crippen LogP contribution in [0.1, 0.15) is 51.9 Å². The quantitative estimate of drug-likeness (QED) is 0.257. The van der Waals surface area contributed by atoms with Crippen molar-refractivity contribution in [3.63, 3.8) is 0 Å². The fourth-order valence-electron chi connectivity index (χ4n) is 2.16. The number of hydrogen-bond acceptors (Lipinski definition) is 4. The van der Waals surface area contributed by atoms with Crippen molar-refractivity contribution in [2.75, 3.05) is 0 Å². The van der Waals surface area contributed by atoms with E-state index in [-0.39, 0.29) is 18.9 Å². The van der Waals surface area contributed by atoms with Gasteiger partial charge < -0.3 is 20.4 Å². The average molecular weight is 379 g/mol. The lowest BCUT2D eigenvalue weighted by Gasteiger charge is -2.12. The summed E-state index contributed by atoms with van der Waals surface area (Å²) in [7, 11) is 0. The minimum atomic E-state index is -1.08. The summed E-state index contributed by atoms with van der Waals surface area (Å²) in [5.41, 5.74) is 0. The molecule has 0 heterocycles. The molecule has 0 rings (SSSR count). The van der Waals surface area contributed by atoms with Gasteiger partial charge in [-0.1, -0.05) is 86.9 Å². The van der Waals surface area contributed by atoms with Gasteiger partial charge in [0, 0.05) is 6.42 Å². The van der Waals surface area contributed by atoms with Crippen LogP contribution in [0.5, 0.6) is 0 Å². The van der Waals surface area contributed by atoms with Crippen molar-refractivity contribution >= 4 is 5.97 Å². The summed E-state index contributed by atoms with van der Waals surface area (Å²) in [6.07, 6.45) is 20.2. The lowest BCUT2D eigenvalue weighted by molar-refractivity contribution is -0.137. The zero-order valence-corrected chi connectivity index (χ0v) is 16.2. The van der Waals surface area contributed by atoms with Gasteiger partial charge in [0.2, 0.25) is 0 Å². The number of aliphatic carboxylic acids is 1. The zero-order valence-electron chi connectivity index (χ0n) is 16.2. The second-order valence-corrected chi connectivity index (χ2v) is 6.30. The predicted molar refractivity (Wildman–Crippen MR) is 109 cm³/mol. The Morgan fingerprint density at radius 3 is 2.15 bits per heavy atom. The summed E-state index contributed by atoms with van der Waals surface area (Å²) < 4.78 is 0. The molecule has 0 aromatic heterocycles. The van der Waals surface area contributed by atoms with E-state index in [0.717, 1.165) is 32.1 Å². The number of carboxylic acids is 1. The minimum Gasteiger partial charge on any atom is -0.481 e. The maximum absolute atomic E-state index is 10.4. The van der Waals surface area contributed by atoms with Crippen molar-refractivity contribution in [1.82, 2.24) is 0 Å². The van der Waals surface area contributed by atoms with Crippen molar-refractivity contribution in [1.29, 1.82) is 0 Å². The molecule has 0 aliphatic heterocycles. The van der Waals surface area contributed by atoms with Crippen LogP contribution in [0.2, 0.25) is 0 Å². The fourth-order valence-corrected chi connectivity index (χ4v) is 2.16. The monoisotopic (exact) mass is 378 g/mol. The highest BCUT2D eigenvalue weighted by molar-refractivity contribution is 5.66. The highest BCUT2D eigenvalue weighted by Gasteiger charge is 2.13. The Morgan fingerprint density at radius 2 is 1.48 bits per heavy atom. The molecule has 0 aromatic carbocycles. The topological polar surface area (TPSA) is 98.0 Å². The van der Waals surface area contributed by atoms with Crippen LogP contribution in [0.4, 0.5) is 0 Å². The van der Waals surface area contributed by atoms with Crippen LogP contribution in [0, 0.1) is 0 Å². The lowest BCUT2D eigenvalue weighted by Crippen LogP contribution is -2.24. The van der Waals surface area contributed by atoms with E-state index in [4.69, 9.17) is 5.11 Å². The van der Waals surface area contributed by atoms with E-state index in [1.165, 1.54) is 6.08 Å². The standard InChI is InChI=1S/C22H34O5/c1-2-3-11-14-19(23)15-12-9-7-5-4-6-8-10-13-16-20(24)21(25)17-18-22(26)27/h4,6-10,12-13,15-16,19-21,23-25H,2-3,5,11,14,17-18H2,1H3,(H,26,27). The van der Waals surface area contributed by atoms with Gasteiger partial charge in [0.1, 0.15) is 0 Å². The van der Waals surface area contributed by atoms with E-state index in [1.54, 1.807) is 24.3 Å². The Hall–Kier alpha value is -1.95. The molecule has 0 fully saturated rings. The van der Waals surface area contributed by atoms with Gasteiger partial charge in [-0.3, -0.25) is 4.79 Å². The molecule has 0 saturated heterocycles. The number of hydrogen-bond donors (Lipinski definition) is 4. The third kappa shape index (κ3) is 17.2. The molecular formula is C22H34O5. The number of rotatable bonds is 15. The van der Waals surface area contributed by atoms with E-state index in [9.17, 15) is 20.1 Å². The van der Waals surface area contributed by atoms with Crippen molar-refractivity contribution in [3.05, 3.63) is 60.8 Å². The second-order valence-electron chi connectivity index (χ2n) is 6.30. The lowest BCUT2D eigenvalue weighted by atomic mass is 10.1. The second kappa shape index (κ2) is 17.5. The first kappa shape index (κ1) is 25.1. The number of unbranched alkanes of at least 4 members (excludes halogenated alkanes) is 2. The summed E-state index contributed by atoms with van der Waals surface area (Å²) in [4.78, 5) is 10.4. The van der Waals surface area contributed by atoms with E-state index in [1.807, 2.05) is 30.4 Å². The maximum Gasteiger partial charge on any atom is 0.303 e. The molecule has 0 bridgehead atoms. The molecule has 27 heavy (non-hydrogen) atoms. The van der Waals surface area contributed by atoms with E-state index < -0.39 is 18.2 Å². The number of aliphatic hydroxyl groups excluding tert-OH is 3. The van der Waals surface area contributed by atoms with Crippen LogP contribution < -0.4 is 0 Å². The van der Waals surface area contributed by atoms with Gasteiger partial charge in [0.25, 0.3) is 0 Å². The van der Waals surface area contributed by atoms with Gasteiger partial charge in [-0.15, -0.1) is 0 Å². The van der Waals surface area contributed by atoms with Crippen molar-refractivity contribution < 1.29 is 25.2 Å². The van der Waals surface area contributed by atoms with Gasteiger partial charge in [0.05, 0.1) is 18.3 Å². The molecule has 3 unspecified atom stereocenters. The third-order valence-corrected chi connectivity index (χ3v) is 3.78. The molecule has 3 atom stereocenters. The number of aliphatic hydroxyl groups is 3. The Labute approximate surface area is 162 Å². The molecule has 0 spiro atoms. The maximum atomic E-state index is 10.4. The van der Waals surface area contributed by atoms with Crippen molar-refractivity contribution in [3.8, 4) is 0 Å². The van der Waals surface area contributed by atoms with Crippen LogP contribution >= 0.6 is 0 Å². The Bertz CT molecular complexity index is 517. The van der Waals surface area contributed by atoms with Gasteiger partial charge >= 0.3 is 5.97 Å². The molecule has 152 valence electrons. The molecule has 5 nitrogen and oxygen atoms in total. The smallest absolute Gasteiger partial charge is 0.303 e. The Kier molecular flexibility index (Phi) is 16.2. The van der Waals surface area contributed by atoms with Crippen LogP contribution in [0.3, 0.4) is 0 Å². The minimum absolute atomic E-state index is 0.0149. The summed E-state index contributed by atoms with van der Waals surface area (Å²) in [6.45, 7) is 2.14. The largest absolute Gasteiger partial charge is 0.481 e. The van der Waals surface area contributed by atoms with Crippen LogP contribution in [-0.4, -0.2) is 44.7 Å². The number of carboxylic acid groups (broad SMARTS) is 1. The molecule has 0 saturated carbocycles. The molecule has 5 heteroatoms. The first-order chi connectivity index (χ1) is 13.0. The molecule has 0 aliphatic rings. The molecule has 0 radical (unpaired) electrons. The van der Waals surface area contributed by atoms with E-state index in [0.29, 0.717) is 0 Å². The average Bonchev–Trinajstić information content (AvgIpc) is 2.64. The summed E-state index contributed by atoms with van der Waals surface area (Å²) >= 11 is 0. The normalized spacial score (nSPS) is 16.3. The van der Waals surface area contributed by atoms with Crippen molar-refractivity contribution in [2.45, 2.75) is 70.2 Å². The fraction of sp³-hybridized carbons (Fsp3) is 0.500. The highest BCUT2D eigenvalue weighted by Crippen LogP contribution is 2.05. The van der Waals surface area contributed by atoms with E-state index >= 15 is 0 Å².